The van der Waals surface area contributed by atoms with Gasteiger partial charge in [0.2, 0.25) is 5.91 Å². The summed E-state index contributed by atoms with van der Waals surface area (Å²) >= 11 is 0. The summed E-state index contributed by atoms with van der Waals surface area (Å²) in [6.45, 7) is 3.70. The second-order valence-electron chi connectivity index (χ2n) is 8.44. The maximum Gasteiger partial charge on any atom is 0.407 e. The average molecular weight is 334 g/mol. The van der Waals surface area contributed by atoms with Crippen LogP contribution in [0.2, 0.25) is 0 Å². The van der Waals surface area contributed by atoms with Crippen LogP contribution in [0, 0.1) is 29.6 Å². The van der Waals surface area contributed by atoms with Crippen molar-refractivity contribution >= 4 is 12.0 Å². The molecule has 134 valence electrons. The lowest BCUT2D eigenvalue weighted by Crippen LogP contribution is -2.56. The number of nitrogens with one attached hydrogen (secondary N) is 1. The zero-order valence-corrected chi connectivity index (χ0v) is 14.7. The molecular formula is C19H30N2O3. The molecule has 0 spiro atoms. The number of hydrogen-bond donors (Lipinski definition) is 1. The molecule has 0 aromatic carbocycles. The number of piperidine rings is 1. The van der Waals surface area contributed by atoms with E-state index in [0.29, 0.717) is 30.9 Å². The summed E-state index contributed by atoms with van der Waals surface area (Å²) in [5.41, 5.74) is 0. The molecule has 1 aliphatic heterocycles. The minimum Gasteiger partial charge on any atom is -0.450 e. The van der Waals surface area contributed by atoms with Crippen molar-refractivity contribution in [3.05, 3.63) is 0 Å². The highest BCUT2D eigenvalue weighted by molar-refractivity contribution is 5.80. The highest BCUT2D eigenvalue weighted by Gasteiger charge is 2.51. The van der Waals surface area contributed by atoms with E-state index in [-0.39, 0.29) is 18.1 Å². The molecule has 4 aliphatic carbocycles. The third kappa shape index (κ3) is 3.02. The van der Waals surface area contributed by atoms with Gasteiger partial charge in [-0.3, -0.25) is 4.79 Å². The molecule has 0 aromatic heterocycles. The van der Waals surface area contributed by atoms with Crippen molar-refractivity contribution in [2.24, 2.45) is 29.6 Å². The number of hydrogen-bond acceptors (Lipinski definition) is 3. The van der Waals surface area contributed by atoms with E-state index in [9.17, 15) is 9.59 Å². The molecule has 5 aliphatic rings. The minimum atomic E-state index is -0.355. The summed E-state index contributed by atoms with van der Waals surface area (Å²) in [4.78, 5) is 26.9. The number of carbonyl (C=O) groups is 2. The van der Waals surface area contributed by atoms with Gasteiger partial charge in [0.05, 0.1) is 6.61 Å². The normalized spacial score (nSPS) is 40.5. The Morgan fingerprint density at radius 2 is 1.75 bits per heavy atom. The quantitative estimate of drug-likeness (QED) is 0.863. The summed E-state index contributed by atoms with van der Waals surface area (Å²) in [6.07, 6.45) is 8.09. The van der Waals surface area contributed by atoms with Gasteiger partial charge in [0, 0.05) is 25.0 Å². The zero-order valence-electron chi connectivity index (χ0n) is 14.7. The molecule has 5 rings (SSSR count). The molecule has 4 bridgehead atoms. The van der Waals surface area contributed by atoms with Crippen LogP contribution < -0.4 is 5.32 Å². The molecule has 1 saturated heterocycles. The number of amides is 2. The Morgan fingerprint density at radius 1 is 1.08 bits per heavy atom. The largest absolute Gasteiger partial charge is 0.450 e. The van der Waals surface area contributed by atoms with E-state index in [1.54, 1.807) is 0 Å². The molecule has 0 radical (unpaired) electrons. The summed E-state index contributed by atoms with van der Waals surface area (Å²) < 4.78 is 4.98. The number of likely N-dealkylation sites (tertiary alicyclic amines) is 1. The van der Waals surface area contributed by atoms with Crippen molar-refractivity contribution in [1.82, 2.24) is 10.2 Å². The van der Waals surface area contributed by atoms with Gasteiger partial charge in [0.25, 0.3) is 0 Å². The average Bonchev–Trinajstić information content (AvgIpc) is 2.54. The molecule has 1 atom stereocenters. The van der Waals surface area contributed by atoms with Crippen molar-refractivity contribution in [3.8, 4) is 0 Å². The number of nitrogens with zero attached hydrogens (tertiary/aromatic N) is 1. The molecule has 0 aromatic rings. The van der Waals surface area contributed by atoms with Crippen molar-refractivity contribution < 1.29 is 14.3 Å². The van der Waals surface area contributed by atoms with E-state index < -0.39 is 0 Å². The molecule has 4 saturated carbocycles. The number of alkyl carbamates (subject to hydrolysis) is 1. The fourth-order valence-electron chi connectivity index (χ4n) is 6.17. The van der Waals surface area contributed by atoms with Gasteiger partial charge in [-0.15, -0.1) is 0 Å². The first kappa shape index (κ1) is 16.2. The lowest BCUT2D eigenvalue weighted by Gasteiger charge is -2.54. The van der Waals surface area contributed by atoms with E-state index in [2.05, 4.69) is 5.32 Å². The van der Waals surface area contributed by atoms with Gasteiger partial charge in [0.15, 0.2) is 0 Å². The van der Waals surface area contributed by atoms with E-state index in [1.165, 1.54) is 32.1 Å². The highest BCUT2D eigenvalue weighted by Crippen LogP contribution is 2.56. The van der Waals surface area contributed by atoms with E-state index >= 15 is 0 Å². The summed E-state index contributed by atoms with van der Waals surface area (Å²) in [7, 11) is 0. The molecular weight excluding hydrogens is 304 g/mol. The van der Waals surface area contributed by atoms with Crippen LogP contribution in [-0.2, 0) is 9.53 Å². The molecule has 5 heteroatoms. The van der Waals surface area contributed by atoms with Crippen LogP contribution >= 0.6 is 0 Å². The van der Waals surface area contributed by atoms with Crippen LogP contribution in [-0.4, -0.2) is 42.6 Å². The number of ether oxygens (including phenoxy) is 1. The highest BCUT2D eigenvalue weighted by atomic mass is 16.5. The topological polar surface area (TPSA) is 58.6 Å². The maximum atomic E-state index is 13.2. The van der Waals surface area contributed by atoms with Gasteiger partial charge >= 0.3 is 6.09 Å². The third-order valence-corrected chi connectivity index (χ3v) is 6.84. The monoisotopic (exact) mass is 334 g/mol. The Balaban J connectivity index is 1.38. The Bertz CT molecular complexity index is 479. The van der Waals surface area contributed by atoms with Gasteiger partial charge < -0.3 is 15.0 Å². The second-order valence-corrected chi connectivity index (χ2v) is 8.44. The zero-order chi connectivity index (χ0) is 16.7. The lowest BCUT2D eigenvalue weighted by molar-refractivity contribution is -0.150. The molecule has 5 nitrogen and oxygen atoms in total. The number of carbonyl (C=O) groups excluding carboxylic acids is 2. The summed E-state index contributed by atoms with van der Waals surface area (Å²) in [6, 6.07) is 0.0404. The fraction of sp³-hybridized carbons (Fsp3) is 0.895. The predicted molar refractivity (Wildman–Crippen MR) is 90.3 cm³/mol. The summed E-state index contributed by atoms with van der Waals surface area (Å²) in [5, 5.41) is 2.92. The van der Waals surface area contributed by atoms with Gasteiger partial charge in [0.1, 0.15) is 0 Å². The van der Waals surface area contributed by atoms with Crippen molar-refractivity contribution in [2.75, 3.05) is 19.7 Å². The van der Waals surface area contributed by atoms with Gasteiger partial charge in [-0.1, -0.05) is 0 Å². The second kappa shape index (κ2) is 6.57. The summed E-state index contributed by atoms with van der Waals surface area (Å²) in [5.74, 6) is 3.70. The predicted octanol–water partition coefficient (Wildman–Crippen LogP) is 2.80. The van der Waals surface area contributed by atoms with Gasteiger partial charge in [-0.25, -0.2) is 4.79 Å². The molecule has 24 heavy (non-hydrogen) atoms. The standard InChI is InChI=1S/C19H30N2O3/c1-2-24-19(23)20-16-4-3-5-21(11-16)18(22)17-14-7-12-6-13(9-14)10-15(17)8-12/h12-17H,2-11H2,1H3,(H,20,23). The molecule has 1 N–H and O–H groups in total. The minimum absolute atomic E-state index is 0.0404. The van der Waals surface area contributed by atoms with Gasteiger partial charge in [-0.2, -0.15) is 0 Å². The smallest absolute Gasteiger partial charge is 0.407 e. The first-order valence-electron chi connectivity index (χ1n) is 9.86. The van der Waals surface area contributed by atoms with Gasteiger partial charge in [-0.05, 0) is 75.5 Å². The Hall–Kier alpha value is -1.26. The van der Waals surface area contributed by atoms with Crippen LogP contribution in [0.5, 0.6) is 0 Å². The number of rotatable bonds is 3. The Kier molecular flexibility index (Phi) is 4.44. The Morgan fingerprint density at radius 3 is 2.38 bits per heavy atom. The van der Waals surface area contributed by atoms with Crippen LogP contribution in [0.3, 0.4) is 0 Å². The van der Waals surface area contributed by atoms with E-state index in [4.69, 9.17) is 4.74 Å². The third-order valence-electron chi connectivity index (χ3n) is 6.84. The molecule has 1 unspecified atom stereocenters. The van der Waals surface area contributed by atoms with Crippen LogP contribution in [0.1, 0.15) is 51.9 Å². The van der Waals surface area contributed by atoms with E-state index in [1.807, 2.05) is 11.8 Å². The van der Waals surface area contributed by atoms with Crippen LogP contribution in [0.25, 0.3) is 0 Å². The molecule has 2 amide bonds. The van der Waals surface area contributed by atoms with Crippen molar-refractivity contribution in [3.63, 3.8) is 0 Å². The first-order valence-corrected chi connectivity index (χ1v) is 9.86. The van der Waals surface area contributed by atoms with Crippen LogP contribution in [0.15, 0.2) is 0 Å². The molecule has 1 heterocycles. The van der Waals surface area contributed by atoms with Crippen molar-refractivity contribution in [1.29, 1.82) is 0 Å². The lowest BCUT2D eigenvalue weighted by atomic mass is 9.51. The SMILES string of the molecule is CCOC(=O)NC1CCCN(C(=O)C2C3CC4CC(C3)CC2C4)C1. The first-order chi connectivity index (χ1) is 11.6. The Labute approximate surface area is 144 Å². The molecule has 5 fully saturated rings. The van der Waals surface area contributed by atoms with E-state index in [0.717, 1.165) is 31.2 Å². The van der Waals surface area contributed by atoms with Crippen molar-refractivity contribution in [2.45, 2.75) is 57.9 Å². The van der Waals surface area contributed by atoms with Crippen LogP contribution in [0.4, 0.5) is 4.79 Å². The maximum absolute atomic E-state index is 13.2. The fourth-order valence-corrected chi connectivity index (χ4v) is 6.17.